The molecule has 0 aliphatic heterocycles. The number of rotatable bonds is 5. The zero-order valence-corrected chi connectivity index (χ0v) is 10.6. The molecule has 0 radical (unpaired) electrons. The van der Waals surface area contributed by atoms with Gasteiger partial charge in [-0.25, -0.2) is 0 Å². The predicted molar refractivity (Wildman–Crippen MR) is 61.1 cm³/mol. The fourth-order valence-corrected chi connectivity index (χ4v) is 1.26. The van der Waals surface area contributed by atoms with E-state index in [9.17, 15) is 23.1 Å². The van der Waals surface area contributed by atoms with Gasteiger partial charge in [0.1, 0.15) is 6.54 Å². The van der Waals surface area contributed by atoms with Crippen LogP contribution in [-0.2, 0) is 17.5 Å². The predicted octanol–water partition coefficient (Wildman–Crippen LogP) is 1.03. The molecule has 0 aliphatic rings. The topological polar surface area (TPSA) is 67.2 Å². The molecule has 5 nitrogen and oxygen atoms in total. The fourth-order valence-electron chi connectivity index (χ4n) is 1.26. The van der Waals surface area contributed by atoms with E-state index in [0.717, 1.165) is 16.9 Å². The van der Waals surface area contributed by atoms with Crippen molar-refractivity contribution in [2.24, 2.45) is 5.92 Å². The molecule has 0 spiro atoms. The number of hydrogen-bond donors (Lipinski definition) is 2. The zero-order chi connectivity index (χ0) is 14.6. The molecule has 0 saturated heterocycles. The van der Waals surface area contributed by atoms with Gasteiger partial charge in [-0.3, -0.25) is 9.48 Å². The lowest BCUT2D eigenvalue weighted by atomic mass is 10.1. The van der Waals surface area contributed by atoms with Crippen molar-refractivity contribution in [1.82, 2.24) is 15.1 Å². The van der Waals surface area contributed by atoms with Crippen LogP contribution in [0.2, 0.25) is 0 Å². The fraction of sp³-hybridized carbons (Fsp3) is 0.636. The second-order valence-corrected chi connectivity index (χ2v) is 4.51. The number of halogens is 3. The summed E-state index contributed by atoms with van der Waals surface area (Å²) in [7, 11) is 0. The molecule has 0 aromatic carbocycles. The van der Waals surface area contributed by atoms with Gasteiger partial charge in [-0.2, -0.15) is 18.3 Å². The second-order valence-electron chi connectivity index (χ2n) is 4.51. The monoisotopic (exact) mass is 279 g/mol. The molecule has 0 saturated carbocycles. The smallest absolute Gasteiger partial charge is 0.391 e. The molecule has 19 heavy (non-hydrogen) atoms. The van der Waals surface area contributed by atoms with Crippen LogP contribution in [0.25, 0.3) is 0 Å². The Labute approximate surface area is 108 Å². The van der Waals surface area contributed by atoms with E-state index in [1.54, 1.807) is 13.8 Å². The first-order valence-electron chi connectivity index (χ1n) is 5.75. The first kappa shape index (κ1) is 15.5. The highest BCUT2D eigenvalue weighted by molar-refractivity contribution is 5.75. The Bertz CT molecular complexity index is 429. The maximum atomic E-state index is 12.3. The minimum Gasteiger partial charge on any atom is -0.391 e. The van der Waals surface area contributed by atoms with Gasteiger partial charge in [0.15, 0.2) is 5.69 Å². The number of nitrogens with zero attached hydrogens (tertiary/aromatic N) is 2. The lowest BCUT2D eigenvalue weighted by Crippen LogP contribution is -2.36. The molecule has 8 heteroatoms. The third-order valence-electron chi connectivity index (χ3n) is 2.51. The number of aliphatic hydroxyl groups is 1. The third kappa shape index (κ3) is 4.90. The van der Waals surface area contributed by atoms with Gasteiger partial charge in [0, 0.05) is 12.7 Å². The van der Waals surface area contributed by atoms with Gasteiger partial charge in [0.25, 0.3) is 0 Å². The summed E-state index contributed by atoms with van der Waals surface area (Å²) in [6.07, 6.45) is -4.12. The van der Waals surface area contributed by atoms with E-state index in [1.807, 2.05) is 0 Å². The average molecular weight is 279 g/mol. The summed E-state index contributed by atoms with van der Waals surface area (Å²) in [6, 6.07) is 0.802. The van der Waals surface area contributed by atoms with Crippen LogP contribution in [0.4, 0.5) is 13.2 Å². The summed E-state index contributed by atoms with van der Waals surface area (Å²) in [5.74, 6) is -0.515. The Morgan fingerprint density at radius 2 is 2.16 bits per heavy atom. The van der Waals surface area contributed by atoms with Gasteiger partial charge >= 0.3 is 6.18 Å². The molecule has 1 aromatic rings. The van der Waals surface area contributed by atoms with Crippen LogP contribution >= 0.6 is 0 Å². The third-order valence-corrected chi connectivity index (χ3v) is 2.51. The molecule has 1 amide bonds. The van der Waals surface area contributed by atoms with Crippen molar-refractivity contribution in [3.8, 4) is 0 Å². The number of amides is 1. The number of carbonyl (C=O) groups is 1. The lowest BCUT2D eigenvalue weighted by molar-refractivity contribution is -0.141. The van der Waals surface area contributed by atoms with Gasteiger partial charge in [0.2, 0.25) is 5.91 Å². The Morgan fingerprint density at radius 3 is 2.63 bits per heavy atom. The van der Waals surface area contributed by atoms with Crippen molar-refractivity contribution in [3.05, 3.63) is 18.0 Å². The van der Waals surface area contributed by atoms with E-state index >= 15 is 0 Å². The summed E-state index contributed by atoms with van der Waals surface area (Å²) < 4.78 is 37.7. The van der Waals surface area contributed by atoms with Crippen molar-refractivity contribution in [1.29, 1.82) is 0 Å². The quantitative estimate of drug-likeness (QED) is 0.846. The highest BCUT2D eigenvalue weighted by Gasteiger charge is 2.33. The van der Waals surface area contributed by atoms with E-state index in [2.05, 4.69) is 10.4 Å². The van der Waals surface area contributed by atoms with Crippen molar-refractivity contribution in [2.75, 3.05) is 6.54 Å². The standard InChI is InChI=1S/C11H16F3N3O2/c1-7(2)8(18)5-15-10(19)6-17-4-3-9(16-17)11(12,13)14/h3-4,7-8,18H,5-6H2,1-2H3,(H,15,19). The van der Waals surface area contributed by atoms with Crippen molar-refractivity contribution in [3.63, 3.8) is 0 Å². The summed E-state index contributed by atoms with van der Waals surface area (Å²) in [5, 5.41) is 15.1. The number of hydrogen-bond acceptors (Lipinski definition) is 3. The summed E-state index contributed by atoms with van der Waals surface area (Å²) in [5.41, 5.74) is -1.04. The molecular weight excluding hydrogens is 263 g/mol. The first-order chi connectivity index (χ1) is 8.70. The Morgan fingerprint density at radius 1 is 1.53 bits per heavy atom. The molecule has 108 valence electrons. The molecule has 0 bridgehead atoms. The van der Waals surface area contributed by atoms with Crippen LogP contribution in [0.3, 0.4) is 0 Å². The lowest BCUT2D eigenvalue weighted by Gasteiger charge is -2.14. The molecule has 2 N–H and O–H groups in total. The largest absolute Gasteiger partial charge is 0.435 e. The minimum atomic E-state index is -4.52. The highest BCUT2D eigenvalue weighted by Crippen LogP contribution is 2.27. The van der Waals surface area contributed by atoms with Crippen LogP contribution in [0.1, 0.15) is 19.5 Å². The highest BCUT2D eigenvalue weighted by atomic mass is 19.4. The van der Waals surface area contributed by atoms with E-state index in [0.29, 0.717) is 0 Å². The zero-order valence-electron chi connectivity index (χ0n) is 10.6. The average Bonchev–Trinajstić information content (AvgIpc) is 2.73. The molecule has 1 heterocycles. The Kier molecular flexibility index (Phi) is 4.93. The van der Waals surface area contributed by atoms with E-state index in [4.69, 9.17) is 0 Å². The number of nitrogens with one attached hydrogen (secondary N) is 1. The number of aliphatic hydroxyl groups excluding tert-OH is 1. The normalized spacial score (nSPS) is 13.6. The van der Waals surface area contributed by atoms with E-state index in [1.165, 1.54) is 0 Å². The SMILES string of the molecule is CC(C)C(O)CNC(=O)Cn1ccc(C(F)(F)F)n1. The van der Waals surface area contributed by atoms with Gasteiger partial charge in [-0.05, 0) is 12.0 Å². The van der Waals surface area contributed by atoms with Crippen LogP contribution in [0.5, 0.6) is 0 Å². The van der Waals surface area contributed by atoms with Crippen LogP contribution in [-0.4, -0.2) is 33.4 Å². The van der Waals surface area contributed by atoms with Crippen LogP contribution in [0, 0.1) is 5.92 Å². The Balaban J connectivity index is 2.47. The van der Waals surface area contributed by atoms with Gasteiger partial charge in [-0.15, -0.1) is 0 Å². The molecular formula is C11H16F3N3O2. The molecule has 0 fully saturated rings. The molecule has 0 aliphatic carbocycles. The van der Waals surface area contributed by atoms with Crippen molar-refractivity contribution in [2.45, 2.75) is 32.7 Å². The van der Waals surface area contributed by atoms with Crippen molar-refractivity contribution >= 4 is 5.91 Å². The second kappa shape index (κ2) is 6.05. The van der Waals surface area contributed by atoms with Crippen LogP contribution < -0.4 is 5.32 Å². The van der Waals surface area contributed by atoms with E-state index in [-0.39, 0.29) is 19.0 Å². The summed E-state index contributed by atoms with van der Waals surface area (Å²) in [4.78, 5) is 11.4. The van der Waals surface area contributed by atoms with Gasteiger partial charge in [-0.1, -0.05) is 13.8 Å². The minimum absolute atomic E-state index is 0.0122. The maximum Gasteiger partial charge on any atom is 0.435 e. The van der Waals surface area contributed by atoms with Crippen LogP contribution in [0.15, 0.2) is 12.3 Å². The number of carbonyl (C=O) groups excluding carboxylic acids is 1. The van der Waals surface area contributed by atoms with Crippen molar-refractivity contribution < 1.29 is 23.1 Å². The van der Waals surface area contributed by atoms with Gasteiger partial charge < -0.3 is 10.4 Å². The maximum absolute atomic E-state index is 12.3. The molecule has 1 aromatic heterocycles. The molecule has 1 atom stereocenters. The molecule has 1 rings (SSSR count). The Hall–Kier alpha value is -1.57. The number of aromatic nitrogens is 2. The summed E-state index contributed by atoms with van der Waals surface area (Å²) in [6.45, 7) is 3.32. The summed E-state index contributed by atoms with van der Waals surface area (Å²) >= 11 is 0. The number of alkyl halides is 3. The van der Waals surface area contributed by atoms with E-state index < -0.39 is 23.9 Å². The molecule has 1 unspecified atom stereocenters. The van der Waals surface area contributed by atoms with Gasteiger partial charge in [0.05, 0.1) is 6.10 Å². The first-order valence-corrected chi connectivity index (χ1v) is 5.75.